The number of fused-ring (bicyclic) bond motifs is 1. The molecule has 2 aromatic carbocycles. The van der Waals surface area contributed by atoms with E-state index in [1.807, 2.05) is 12.1 Å². The van der Waals surface area contributed by atoms with E-state index in [1.165, 1.54) is 36.0 Å². The SMILES string of the molecule is ClC(c1cccc(Br)c1)c1ccc2c(c1)CCC2. The lowest BCUT2D eigenvalue weighted by Gasteiger charge is -2.12. The van der Waals surface area contributed by atoms with Gasteiger partial charge < -0.3 is 0 Å². The summed E-state index contributed by atoms with van der Waals surface area (Å²) in [4.78, 5) is 0. The van der Waals surface area contributed by atoms with E-state index < -0.39 is 0 Å². The Hall–Kier alpha value is -0.790. The molecule has 1 unspecified atom stereocenters. The van der Waals surface area contributed by atoms with Crippen molar-refractivity contribution in [2.75, 3.05) is 0 Å². The Labute approximate surface area is 121 Å². The maximum atomic E-state index is 6.58. The molecule has 0 radical (unpaired) electrons. The van der Waals surface area contributed by atoms with Crippen LogP contribution in [0.2, 0.25) is 0 Å². The third-order valence-corrected chi connectivity index (χ3v) is 4.55. The van der Waals surface area contributed by atoms with E-state index in [1.54, 1.807) is 0 Å². The van der Waals surface area contributed by atoms with E-state index in [-0.39, 0.29) is 5.38 Å². The molecule has 2 heteroatoms. The molecule has 0 amide bonds. The average molecular weight is 322 g/mol. The van der Waals surface area contributed by atoms with Crippen LogP contribution in [-0.2, 0) is 12.8 Å². The molecule has 0 N–H and O–H groups in total. The van der Waals surface area contributed by atoms with Crippen molar-refractivity contribution in [1.29, 1.82) is 0 Å². The Kier molecular flexibility index (Phi) is 3.45. The maximum Gasteiger partial charge on any atom is 0.0835 e. The van der Waals surface area contributed by atoms with Crippen LogP contribution in [0.25, 0.3) is 0 Å². The van der Waals surface area contributed by atoms with Crippen LogP contribution in [-0.4, -0.2) is 0 Å². The molecule has 0 aliphatic heterocycles. The van der Waals surface area contributed by atoms with Crippen molar-refractivity contribution in [3.05, 3.63) is 69.2 Å². The fourth-order valence-electron chi connectivity index (χ4n) is 2.61. The smallest absolute Gasteiger partial charge is 0.0835 e. The average Bonchev–Trinajstić information content (AvgIpc) is 2.85. The quantitative estimate of drug-likeness (QED) is 0.661. The first-order chi connectivity index (χ1) is 8.74. The third kappa shape index (κ3) is 2.34. The molecule has 0 aromatic heterocycles. The second-order valence-electron chi connectivity index (χ2n) is 4.80. The van der Waals surface area contributed by atoms with Gasteiger partial charge in [0.1, 0.15) is 0 Å². The Morgan fingerprint density at radius 2 is 1.72 bits per heavy atom. The number of hydrogen-bond acceptors (Lipinski definition) is 0. The van der Waals surface area contributed by atoms with E-state index >= 15 is 0 Å². The highest BCUT2D eigenvalue weighted by atomic mass is 79.9. The van der Waals surface area contributed by atoms with Crippen molar-refractivity contribution in [3.8, 4) is 0 Å². The molecule has 0 saturated carbocycles. The molecule has 92 valence electrons. The molecule has 0 nitrogen and oxygen atoms in total. The number of hydrogen-bond donors (Lipinski definition) is 0. The molecular weight excluding hydrogens is 308 g/mol. The zero-order valence-electron chi connectivity index (χ0n) is 10.00. The Balaban J connectivity index is 1.95. The lowest BCUT2D eigenvalue weighted by atomic mass is 10.0. The van der Waals surface area contributed by atoms with Gasteiger partial charge in [0.15, 0.2) is 0 Å². The Bertz CT molecular complexity index is 577. The van der Waals surface area contributed by atoms with Gasteiger partial charge in [-0.1, -0.05) is 46.3 Å². The van der Waals surface area contributed by atoms with Crippen molar-refractivity contribution < 1.29 is 0 Å². The van der Waals surface area contributed by atoms with Crippen molar-refractivity contribution >= 4 is 27.5 Å². The lowest BCUT2D eigenvalue weighted by molar-refractivity contribution is 0.911. The standard InChI is InChI=1S/C16H14BrCl/c17-15-6-2-5-13(10-15)16(18)14-8-7-11-3-1-4-12(11)9-14/h2,5-10,16H,1,3-4H2. The summed E-state index contributed by atoms with van der Waals surface area (Å²) in [6.07, 6.45) is 3.70. The fraction of sp³-hybridized carbons (Fsp3) is 0.250. The van der Waals surface area contributed by atoms with Crippen LogP contribution in [0.1, 0.15) is 34.1 Å². The highest BCUT2D eigenvalue weighted by molar-refractivity contribution is 9.10. The van der Waals surface area contributed by atoms with E-state index in [2.05, 4.69) is 46.3 Å². The summed E-state index contributed by atoms with van der Waals surface area (Å²) in [6, 6.07) is 14.9. The minimum atomic E-state index is -0.0617. The summed E-state index contributed by atoms with van der Waals surface area (Å²) in [7, 11) is 0. The predicted octanol–water partition coefficient (Wildman–Crippen LogP) is 5.27. The summed E-state index contributed by atoms with van der Waals surface area (Å²) in [5, 5.41) is -0.0617. The minimum Gasteiger partial charge on any atom is -0.113 e. The number of benzene rings is 2. The van der Waals surface area contributed by atoms with Crippen LogP contribution >= 0.6 is 27.5 Å². The van der Waals surface area contributed by atoms with Gasteiger partial charge in [0.25, 0.3) is 0 Å². The van der Waals surface area contributed by atoms with Gasteiger partial charge in [0.2, 0.25) is 0 Å². The van der Waals surface area contributed by atoms with Crippen molar-refractivity contribution in [1.82, 2.24) is 0 Å². The van der Waals surface area contributed by atoms with Crippen molar-refractivity contribution in [3.63, 3.8) is 0 Å². The van der Waals surface area contributed by atoms with Gasteiger partial charge >= 0.3 is 0 Å². The van der Waals surface area contributed by atoms with Gasteiger partial charge in [-0.25, -0.2) is 0 Å². The molecule has 18 heavy (non-hydrogen) atoms. The summed E-state index contributed by atoms with van der Waals surface area (Å²) < 4.78 is 1.08. The molecule has 0 spiro atoms. The first-order valence-electron chi connectivity index (χ1n) is 6.25. The van der Waals surface area contributed by atoms with Gasteiger partial charge in [0.05, 0.1) is 5.38 Å². The van der Waals surface area contributed by atoms with Crippen LogP contribution in [0.3, 0.4) is 0 Å². The topological polar surface area (TPSA) is 0 Å². The lowest BCUT2D eigenvalue weighted by Crippen LogP contribution is -1.95. The van der Waals surface area contributed by atoms with Crippen LogP contribution in [0.4, 0.5) is 0 Å². The van der Waals surface area contributed by atoms with Crippen molar-refractivity contribution in [2.24, 2.45) is 0 Å². The molecule has 3 rings (SSSR count). The summed E-state index contributed by atoms with van der Waals surface area (Å²) >= 11 is 10.1. The number of rotatable bonds is 2. The molecule has 0 saturated heterocycles. The second kappa shape index (κ2) is 5.07. The zero-order valence-corrected chi connectivity index (χ0v) is 12.3. The van der Waals surface area contributed by atoms with Gasteiger partial charge in [-0.3, -0.25) is 0 Å². The zero-order chi connectivity index (χ0) is 12.5. The molecule has 1 atom stereocenters. The third-order valence-electron chi connectivity index (χ3n) is 3.56. The van der Waals surface area contributed by atoms with E-state index in [9.17, 15) is 0 Å². The summed E-state index contributed by atoms with van der Waals surface area (Å²) in [6.45, 7) is 0. The summed E-state index contributed by atoms with van der Waals surface area (Å²) in [5.74, 6) is 0. The van der Waals surface area contributed by atoms with Crippen LogP contribution in [0.15, 0.2) is 46.9 Å². The number of halogens is 2. The fourth-order valence-corrected chi connectivity index (χ4v) is 3.29. The van der Waals surface area contributed by atoms with E-state index in [4.69, 9.17) is 11.6 Å². The largest absolute Gasteiger partial charge is 0.113 e. The van der Waals surface area contributed by atoms with Gasteiger partial charge in [0, 0.05) is 4.47 Å². The minimum absolute atomic E-state index is 0.0617. The molecule has 1 aliphatic rings. The van der Waals surface area contributed by atoms with Crippen LogP contribution < -0.4 is 0 Å². The molecule has 2 aromatic rings. The van der Waals surface area contributed by atoms with Crippen molar-refractivity contribution in [2.45, 2.75) is 24.6 Å². The van der Waals surface area contributed by atoms with Gasteiger partial charge in [-0.15, -0.1) is 11.6 Å². The molecule has 1 aliphatic carbocycles. The number of alkyl halides is 1. The number of aryl methyl sites for hydroxylation is 2. The highest BCUT2D eigenvalue weighted by Crippen LogP contribution is 2.33. The van der Waals surface area contributed by atoms with E-state index in [0.29, 0.717) is 0 Å². The second-order valence-corrected chi connectivity index (χ2v) is 6.15. The highest BCUT2D eigenvalue weighted by Gasteiger charge is 2.15. The first kappa shape index (κ1) is 12.3. The Morgan fingerprint density at radius 3 is 2.56 bits per heavy atom. The first-order valence-corrected chi connectivity index (χ1v) is 7.48. The molecule has 0 fully saturated rings. The molecular formula is C16H14BrCl. The van der Waals surface area contributed by atoms with Crippen LogP contribution in [0, 0.1) is 0 Å². The maximum absolute atomic E-state index is 6.58. The molecule has 0 bridgehead atoms. The Morgan fingerprint density at radius 1 is 0.944 bits per heavy atom. The normalized spacial score (nSPS) is 15.4. The van der Waals surface area contributed by atoms with Crippen LogP contribution in [0.5, 0.6) is 0 Å². The predicted molar refractivity (Wildman–Crippen MR) is 80.3 cm³/mol. The monoisotopic (exact) mass is 320 g/mol. The van der Waals surface area contributed by atoms with Gasteiger partial charge in [-0.05, 0) is 53.6 Å². The molecule has 0 heterocycles. The van der Waals surface area contributed by atoms with E-state index in [0.717, 1.165) is 10.0 Å². The summed E-state index contributed by atoms with van der Waals surface area (Å²) in [5.41, 5.74) is 5.32. The van der Waals surface area contributed by atoms with Gasteiger partial charge in [-0.2, -0.15) is 0 Å².